The molecule has 1 saturated heterocycles. The molecule has 0 amide bonds. The Labute approximate surface area is 119 Å². The predicted molar refractivity (Wildman–Crippen MR) is 73.7 cm³/mol. The molecule has 4 N–H and O–H groups in total. The van der Waals surface area contributed by atoms with E-state index in [9.17, 15) is 15.3 Å². The molecule has 2 unspecified atom stereocenters. The lowest BCUT2D eigenvalue weighted by Gasteiger charge is -2.39. The van der Waals surface area contributed by atoms with E-state index in [-0.39, 0.29) is 0 Å². The number of benzene rings is 1. The van der Waals surface area contributed by atoms with Crippen LogP contribution in [0.5, 0.6) is 0 Å². The van der Waals surface area contributed by atoms with Crippen LogP contribution in [-0.2, 0) is 4.74 Å². The number of hydrogen-bond acceptors (Lipinski definition) is 7. The van der Waals surface area contributed by atoms with E-state index < -0.39 is 36.5 Å². The van der Waals surface area contributed by atoms with Crippen molar-refractivity contribution in [1.82, 2.24) is 0 Å². The van der Waals surface area contributed by atoms with E-state index in [1.807, 2.05) is 30.3 Å². The van der Waals surface area contributed by atoms with Gasteiger partial charge >= 0.3 is 0 Å². The zero-order valence-corrected chi connectivity index (χ0v) is 11.6. The van der Waals surface area contributed by atoms with Crippen molar-refractivity contribution in [3.05, 3.63) is 30.3 Å². The van der Waals surface area contributed by atoms with Crippen LogP contribution in [0.1, 0.15) is 0 Å². The second kappa shape index (κ2) is 6.94. The molecular formula is C12H16O5S2. The maximum atomic E-state index is 9.85. The van der Waals surface area contributed by atoms with Gasteiger partial charge in [-0.25, -0.2) is 0 Å². The van der Waals surface area contributed by atoms with Gasteiger partial charge in [0.1, 0.15) is 29.9 Å². The van der Waals surface area contributed by atoms with Crippen molar-refractivity contribution in [1.29, 1.82) is 0 Å². The maximum absolute atomic E-state index is 9.85. The first kappa shape index (κ1) is 15.1. The molecule has 1 heterocycles. The Bertz CT molecular complexity index is 389. The Balaban J connectivity index is 1.95. The van der Waals surface area contributed by atoms with Crippen LogP contribution >= 0.6 is 21.6 Å². The lowest BCUT2D eigenvalue weighted by molar-refractivity contribution is -0.205. The van der Waals surface area contributed by atoms with Gasteiger partial charge in [-0.2, -0.15) is 0 Å². The van der Waals surface area contributed by atoms with E-state index in [1.54, 1.807) is 0 Å². The fourth-order valence-corrected chi connectivity index (χ4v) is 4.09. The van der Waals surface area contributed by atoms with Gasteiger partial charge in [0.25, 0.3) is 0 Å². The van der Waals surface area contributed by atoms with Crippen LogP contribution < -0.4 is 0 Å². The summed E-state index contributed by atoms with van der Waals surface area (Å²) >= 11 is 0. The van der Waals surface area contributed by atoms with E-state index in [2.05, 4.69) is 0 Å². The third kappa shape index (κ3) is 3.63. The lowest BCUT2D eigenvalue weighted by atomic mass is 10.0. The molecule has 0 aromatic heterocycles. The molecule has 1 fully saturated rings. The SMILES string of the molecule is OCC1O[C@@H](SSc2ccccc2)[C@@H](O)C(O)[C@@H]1O. The summed E-state index contributed by atoms with van der Waals surface area (Å²) < 4.78 is 5.38. The third-order valence-corrected chi connectivity index (χ3v) is 5.41. The van der Waals surface area contributed by atoms with Crippen LogP contribution in [0.4, 0.5) is 0 Å². The lowest BCUT2D eigenvalue weighted by Crippen LogP contribution is -2.57. The quantitative estimate of drug-likeness (QED) is 0.592. The molecule has 0 aliphatic carbocycles. The zero-order chi connectivity index (χ0) is 13.8. The molecule has 0 radical (unpaired) electrons. The fourth-order valence-electron chi connectivity index (χ4n) is 1.73. The van der Waals surface area contributed by atoms with Gasteiger partial charge in [0, 0.05) is 4.90 Å². The van der Waals surface area contributed by atoms with Gasteiger partial charge in [-0.15, -0.1) is 0 Å². The van der Waals surface area contributed by atoms with E-state index in [4.69, 9.17) is 9.84 Å². The summed E-state index contributed by atoms with van der Waals surface area (Å²) in [6.45, 7) is -0.405. The smallest absolute Gasteiger partial charge is 0.142 e. The monoisotopic (exact) mass is 304 g/mol. The first-order valence-corrected chi connectivity index (χ1v) is 8.03. The van der Waals surface area contributed by atoms with Gasteiger partial charge in [-0.1, -0.05) is 39.8 Å². The molecule has 106 valence electrons. The van der Waals surface area contributed by atoms with E-state index >= 15 is 0 Å². The molecule has 2 rings (SSSR count). The molecule has 5 nitrogen and oxygen atoms in total. The second-order valence-electron chi connectivity index (χ2n) is 4.19. The molecule has 0 saturated carbocycles. The van der Waals surface area contributed by atoms with E-state index in [0.717, 1.165) is 4.90 Å². The van der Waals surface area contributed by atoms with Gasteiger partial charge in [0.2, 0.25) is 0 Å². The Morgan fingerprint density at radius 2 is 1.68 bits per heavy atom. The Hall–Kier alpha value is -0.280. The van der Waals surface area contributed by atoms with Crippen LogP contribution in [0.2, 0.25) is 0 Å². The van der Waals surface area contributed by atoms with Crippen molar-refractivity contribution < 1.29 is 25.2 Å². The number of hydrogen-bond donors (Lipinski definition) is 4. The van der Waals surface area contributed by atoms with Crippen LogP contribution in [-0.4, -0.2) is 56.9 Å². The summed E-state index contributed by atoms with van der Waals surface area (Å²) in [6, 6.07) is 9.54. The largest absolute Gasteiger partial charge is 0.394 e. The molecule has 7 heteroatoms. The van der Waals surface area contributed by atoms with Crippen molar-refractivity contribution in [2.24, 2.45) is 0 Å². The molecule has 1 aliphatic rings. The molecule has 5 atom stereocenters. The van der Waals surface area contributed by atoms with Crippen molar-refractivity contribution in [2.75, 3.05) is 6.61 Å². The minimum atomic E-state index is -1.32. The normalized spacial score (nSPS) is 35.3. The summed E-state index contributed by atoms with van der Waals surface area (Å²) in [4.78, 5) is 0.990. The maximum Gasteiger partial charge on any atom is 0.142 e. The molecule has 19 heavy (non-hydrogen) atoms. The minimum Gasteiger partial charge on any atom is -0.394 e. The van der Waals surface area contributed by atoms with Gasteiger partial charge in [-0.3, -0.25) is 0 Å². The Morgan fingerprint density at radius 1 is 1.00 bits per heavy atom. The third-order valence-electron chi connectivity index (χ3n) is 2.83. The van der Waals surface area contributed by atoms with Gasteiger partial charge in [0.15, 0.2) is 0 Å². The highest BCUT2D eigenvalue weighted by atomic mass is 33.1. The molecule has 0 bridgehead atoms. The van der Waals surface area contributed by atoms with E-state index in [0.29, 0.717) is 0 Å². The van der Waals surface area contributed by atoms with Crippen LogP contribution in [0.15, 0.2) is 35.2 Å². The summed E-state index contributed by atoms with van der Waals surface area (Å²) in [5.74, 6) is 0. The minimum absolute atomic E-state index is 0.405. The molecule has 1 aliphatic heterocycles. The van der Waals surface area contributed by atoms with Gasteiger partial charge in [0.05, 0.1) is 6.61 Å². The number of ether oxygens (including phenoxy) is 1. The molecule has 1 aromatic rings. The highest BCUT2D eigenvalue weighted by Gasteiger charge is 2.43. The van der Waals surface area contributed by atoms with Crippen molar-refractivity contribution >= 4 is 21.6 Å². The van der Waals surface area contributed by atoms with Crippen LogP contribution in [0.25, 0.3) is 0 Å². The van der Waals surface area contributed by atoms with Crippen molar-refractivity contribution in [2.45, 2.75) is 34.7 Å². The van der Waals surface area contributed by atoms with Gasteiger partial charge in [-0.05, 0) is 12.1 Å². The zero-order valence-electron chi connectivity index (χ0n) is 9.99. The number of aliphatic hydroxyl groups is 4. The van der Waals surface area contributed by atoms with Crippen LogP contribution in [0, 0.1) is 0 Å². The summed E-state index contributed by atoms with van der Waals surface area (Å²) in [5, 5.41) is 38.2. The van der Waals surface area contributed by atoms with Crippen LogP contribution in [0.3, 0.4) is 0 Å². The highest BCUT2D eigenvalue weighted by Crippen LogP contribution is 2.39. The fraction of sp³-hybridized carbons (Fsp3) is 0.500. The van der Waals surface area contributed by atoms with Crippen molar-refractivity contribution in [3.63, 3.8) is 0 Å². The Morgan fingerprint density at radius 3 is 2.32 bits per heavy atom. The first-order valence-electron chi connectivity index (χ1n) is 5.82. The number of rotatable bonds is 4. The molecular weight excluding hydrogens is 288 g/mol. The summed E-state index contributed by atoms with van der Waals surface area (Å²) in [5.41, 5.74) is -0.708. The predicted octanol–water partition coefficient (Wildman–Crippen LogP) is 0.227. The molecule has 0 spiro atoms. The standard InChI is InChI=1S/C12H16O5S2/c13-6-8-9(14)10(15)11(16)12(17-8)19-18-7-4-2-1-3-5-7/h1-5,8-16H,6H2/t8?,9-,10?,11+,12+/m1/s1. The average Bonchev–Trinajstić information content (AvgIpc) is 2.45. The second-order valence-corrected chi connectivity index (χ2v) is 6.56. The average molecular weight is 304 g/mol. The van der Waals surface area contributed by atoms with Crippen molar-refractivity contribution in [3.8, 4) is 0 Å². The van der Waals surface area contributed by atoms with Gasteiger partial charge < -0.3 is 25.2 Å². The Kier molecular flexibility index (Phi) is 5.52. The number of aliphatic hydroxyl groups excluding tert-OH is 4. The first-order chi connectivity index (χ1) is 9.13. The molecule has 1 aromatic carbocycles. The topological polar surface area (TPSA) is 90.2 Å². The van der Waals surface area contributed by atoms with E-state index in [1.165, 1.54) is 21.6 Å². The highest BCUT2D eigenvalue weighted by molar-refractivity contribution is 8.76. The summed E-state index contributed by atoms with van der Waals surface area (Å²) in [6.07, 6.45) is -4.68. The summed E-state index contributed by atoms with van der Waals surface area (Å²) in [7, 11) is 2.65.